The number of rotatable bonds is 11. The molecule has 0 radical (unpaired) electrons. The van der Waals surface area contributed by atoms with Crippen molar-refractivity contribution in [2.24, 2.45) is 0 Å². The maximum Gasteiger partial charge on any atom is 0.259 e. The van der Waals surface area contributed by atoms with E-state index >= 15 is 0 Å². The van der Waals surface area contributed by atoms with E-state index in [-0.39, 0.29) is 17.2 Å². The standard InChI is InChI=1S/C32H42N8O3/c1-2-3-6-11-28(42)33-25-16-17-26(27(41)22-25)29(43)34-23-12-14-24(15-13-23)35-30-36-31(39-18-7-4-8-19-39)38-32(37-30)40-20-9-5-10-21-40/h12-17,22,41H,2-11,18-21H2,1H3,(H,33,42)(H,34,43)(H,35,36,37,38). The molecule has 4 N–H and O–H groups in total. The first kappa shape index (κ1) is 30.1. The van der Waals surface area contributed by atoms with Gasteiger partial charge in [0, 0.05) is 55.7 Å². The molecule has 0 saturated carbocycles. The first-order valence-corrected chi connectivity index (χ1v) is 15.6. The fraction of sp³-hybridized carbons (Fsp3) is 0.469. The lowest BCUT2D eigenvalue weighted by Crippen LogP contribution is -2.34. The highest BCUT2D eigenvalue weighted by molar-refractivity contribution is 6.06. The van der Waals surface area contributed by atoms with E-state index in [4.69, 9.17) is 15.0 Å². The number of hydrogen-bond donors (Lipinski definition) is 4. The molecule has 0 atom stereocenters. The molecule has 2 aliphatic heterocycles. The summed E-state index contributed by atoms with van der Waals surface area (Å²) in [7, 11) is 0. The van der Waals surface area contributed by atoms with Gasteiger partial charge in [0.15, 0.2) is 0 Å². The molecule has 43 heavy (non-hydrogen) atoms. The second-order valence-corrected chi connectivity index (χ2v) is 11.2. The number of carbonyl (C=O) groups is 2. The summed E-state index contributed by atoms with van der Waals surface area (Å²) in [6.45, 7) is 5.87. The third-order valence-electron chi connectivity index (χ3n) is 7.82. The van der Waals surface area contributed by atoms with Gasteiger partial charge in [-0.1, -0.05) is 19.8 Å². The first-order valence-electron chi connectivity index (χ1n) is 15.6. The Morgan fingerprint density at radius 2 is 1.33 bits per heavy atom. The number of nitrogens with zero attached hydrogens (tertiary/aromatic N) is 5. The van der Waals surface area contributed by atoms with Gasteiger partial charge in [-0.25, -0.2) is 0 Å². The summed E-state index contributed by atoms with van der Waals surface area (Å²) in [6, 6.07) is 11.8. The fourth-order valence-electron chi connectivity index (χ4n) is 5.41. The maximum atomic E-state index is 12.9. The summed E-state index contributed by atoms with van der Waals surface area (Å²) in [6.07, 6.45) is 10.3. The Hall–Kier alpha value is -4.41. The monoisotopic (exact) mass is 586 g/mol. The number of anilines is 6. The van der Waals surface area contributed by atoms with Crippen molar-refractivity contribution in [3.63, 3.8) is 0 Å². The van der Waals surface area contributed by atoms with E-state index in [1.807, 2.05) is 12.1 Å². The van der Waals surface area contributed by atoms with Gasteiger partial charge in [0.2, 0.25) is 23.8 Å². The summed E-state index contributed by atoms with van der Waals surface area (Å²) in [5.74, 6) is 1.16. The highest BCUT2D eigenvalue weighted by Crippen LogP contribution is 2.26. The quantitative estimate of drug-likeness (QED) is 0.197. The minimum Gasteiger partial charge on any atom is -0.507 e. The van der Waals surface area contributed by atoms with Crippen LogP contribution < -0.4 is 25.8 Å². The Balaban J connectivity index is 1.23. The van der Waals surface area contributed by atoms with Crippen LogP contribution in [0.5, 0.6) is 5.75 Å². The second kappa shape index (κ2) is 14.7. The third-order valence-corrected chi connectivity index (χ3v) is 7.82. The lowest BCUT2D eigenvalue weighted by molar-refractivity contribution is -0.116. The van der Waals surface area contributed by atoms with Crippen LogP contribution in [0.2, 0.25) is 0 Å². The molecule has 2 aromatic carbocycles. The van der Waals surface area contributed by atoms with Crippen molar-refractivity contribution in [3.05, 3.63) is 48.0 Å². The Morgan fingerprint density at radius 3 is 1.91 bits per heavy atom. The van der Waals surface area contributed by atoms with Gasteiger partial charge in [0.1, 0.15) is 5.75 Å². The molecule has 11 heteroatoms. The van der Waals surface area contributed by atoms with E-state index in [1.54, 1.807) is 18.2 Å². The smallest absolute Gasteiger partial charge is 0.259 e. The van der Waals surface area contributed by atoms with Crippen LogP contribution in [0.15, 0.2) is 42.5 Å². The van der Waals surface area contributed by atoms with Gasteiger partial charge in [0.05, 0.1) is 5.56 Å². The lowest BCUT2D eigenvalue weighted by Gasteiger charge is -2.30. The number of unbranched alkanes of at least 4 members (excludes halogenated alkanes) is 2. The van der Waals surface area contributed by atoms with Crippen molar-refractivity contribution in [2.75, 3.05) is 51.9 Å². The van der Waals surface area contributed by atoms with E-state index in [9.17, 15) is 14.7 Å². The molecule has 3 heterocycles. The van der Waals surface area contributed by atoms with Crippen molar-refractivity contribution < 1.29 is 14.7 Å². The molecule has 2 fully saturated rings. The number of aromatic nitrogens is 3. The predicted molar refractivity (Wildman–Crippen MR) is 171 cm³/mol. The largest absolute Gasteiger partial charge is 0.507 e. The van der Waals surface area contributed by atoms with Crippen LogP contribution in [0, 0.1) is 0 Å². The SMILES string of the molecule is CCCCCC(=O)Nc1ccc(C(=O)Nc2ccc(Nc3nc(N4CCCCC4)nc(N4CCCCC4)n3)cc2)c(O)c1. The Kier molecular flexibility index (Phi) is 10.2. The molecule has 5 rings (SSSR count). The summed E-state index contributed by atoms with van der Waals surface area (Å²) < 4.78 is 0. The number of hydrogen-bond acceptors (Lipinski definition) is 9. The third kappa shape index (κ3) is 8.33. The van der Waals surface area contributed by atoms with Crippen LogP contribution in [-0.4, -0.2) is 58.1 Å². The van der Waals surface area contributed by atoms with E-state index in [0.29, 0.717) is 35.6 Å². The number of phenols is 1. The van der Waals surface area contributed by atoms with Crippen LogP contribution in [0.4, 0.5) is 34.9 Å². The van der Waals surface area contributed by atoms with Crippen LogP contribution in [0.1, 0.15) is 81.5 Å². The van der Waals surface area contributed by atoms with Crippen molar-refractivity contribution in [1.29, 1.82) is 0 Å². The molecule has 0 unspecified atom stereocenters. The molecule has 3 aromatic rings. The van der Waals surface area contributed by atoms with E-state index in [1.165, 1.54) is 25.0 Å². The summed E-state index contributed by atoms with van der Waals surface area (Å²) >= 11 is 0. The zero-order chi connectivity index (χ0) is 30.0. The number of piperidine rings is 2. The zero-order valence-electron chi connectivity index (χ0n) is 24.9. The summed E-state index contributed by atoms with van der Waals surface area (Å²) in [5.41, 5.74) is 1.92. The Labute approximate surface area is 253 Å². The number of benzene rings is 2. The van der Waals surface area contributed by atoms with Gasteiger partial charge in [-0.05, 0) is 81.3 Å². The van der Waals surface area contributed by atoms with Gasteiger partial charge >= 0.3 is 0 Å². The predicted octanol–water partition coefficient (Wildman–Crippen LogP) is 6.07. The molecule has 2 amide bonds. The molecule has 2 aliphatic rings. The Morgan fingerprint density at radius 1 is 0.744 bits per heavy atom. The van der Waals surface area contributed by atoms with Gasteiger partial charge in [-0.2, -0.15) is 15.0 Å². The second-order valence-electron chi connectivity index (χ2n) is 11.2. The van der Waals surface area contributed by atoms with Crippen LogP contribution >= 0.6 is 0 Å². The molecular weight excluding hydrogens is 544 g/mol. The van der Waals surface area contributed by atoms with E-state index < -0.39 is 5.91 Å². The molecule has 0 aliphatic carbocycles. The average Bonchev–Trinajstić information content (AvgIpc) is 3.03. The van der Waals surface area contributed by atoms with Crippen LogP contribution in [0.25, 0.3) is 0 Å². The van der Waals surface area contributed by atoms with Gasteiger partial charge in [0.25, 0.3) is 5.91 Å². The van der Waals surface area contributed by atoms with Gasteiger partial charge < -0.3 is 30.9 Å². The minimum atomic E-state index is -0.450. The highest BCUT2D eigenvalue weighted by Gasteiger charge is 2.20. The van der Waals surface area contributed by atoms with Crippen molar-refractivity contribution in [1.82, 2.24) is 15.0 Å². The topological polar surface area (TPSA) is 136 Å². The van der Waals surface area contributed by atoms with Crippen LogP contribution in [0.3, 0.4) is 0 Å². The van der Waals surface area contributed by atoms with Gasteiger partial charge in [-0.15, -0.1) is 0 Å². The van der Waals surface area contributed by atoms with Crippen LogP contribution in [-0.2, 0) is 4.79 Å². The zero-order valence-corrected chi connectivity index (χ0v) is 24.9. The Bertz CT molecular complexity index is 1350. The number of amides is 2. The molecule has 0 spiro atoms. The first-order chi connectivity index (χ1) is 21.0. The van der Waals surface area contributed by atoms with E-state index in [2.05, 4.69) is 32.7 Å². The fourth-order valence-corrected chi connectivity index (χ4v) is 5.41. The van der Waals surface area contributed by atoms with Crippen molar-refractivity contribution in [3.8, 4) is 5.75 Å². The maximum absolute atomic E-state index is 12.9. The van der Waals surface area contributed by atoms with Crippen molar-refractivity contribution in [2.45, 2.75) is 71.1 Å². The lowest BCUT2D eigenvalue weighted by atomic mass is 10.1. The molecule has 1 aromatic heterocycles. The minimum absolute atomic E-state index is 0.110. The number of nitrogens with one attached hydrogen (secondary N) is 3. The number of aromatic hydroxyl groups is 1. The summed E-state index contributed by atoms with van der Waals surface area (Å²) in [5, 5.41) is 19.4. The van der Waals surface area contributed by atoms with Crippen molar-refractivity contribution >= 4 is 46.7 Å². The number of phenolic OH excluding ortho intramolecular Hbond substituents is 1. The molecule has 2 saturated heterocycles. The molecule has 0 bridgehead atoms. The normalized spacial score (nSPS) is 15.2. The molecule has 228 valence electrons. The molecule has 11 nitrogen and oxygen atoms in total. The van der Waals surface area contributed by atoms with E-state index in [0.717, 1.165) is 76.8 Å². The average molecular weight is 587 g/mol. The highest BCUT2D eigenvalue weighted by atomic mass is 16.3. The molecular formula is C32H42N8O3. The number of carbonyl (C=O) groups excluding carboxylic acids is 2. The van der Waals surface area contributed by atoms with Gasteiger partial charge in [-0.3, -0.25) is 9.59 Å². The summed E-state index contributed by atoms with van der Waals surface area (Å²) in [4.78, 5) is 43.8.